The van der Waals surface area contributed by atoms with E-state index in [4.69, 9.17) is 0 Å². The van der Waals surface area contributed by atoms with Gasteiger partial charge in [0.15, 0.2) is 0 Å². The molecule has 3 rings (SSSR count). The molecule has 0 spiro atoms. The SMILES string of the molecule is Fc1cnc(N2CCCSCC2)c(CNC2CC2)c1. The summed E-state index contributed by atoms with van der Waals surface area (Å²) in [6.07, 6.45) is 5.02. The molecule has 1 aromatic heterocycles. The molecule has 1 aliphatic heterocycles. The van der Waals surface area contributed by atoms with Crippen LogP contribution in [-0.4, -0.2) is 35.6 Å². The standard InChI is InChI=1S/C14H20FN3S/c15-12-8-11(9-16-13-2-3-13)14(17-10-12)18-4-1-6-19-7-5-18/h8,10,13,16H,1-7,9H2. The van der Waals surface area contributed by atoms with Crippen molar-refractivity contribution in [1.29, 1.82) is 0 Å². The molecule has 0 bridgehead atoms. The molecule has 104 valence electrons. The molecule has 2 fully saturated rings. The highest BCUT2D eigenvalue weighted by atomic mass is 32.2. The summed E-state index contributed by atoms with van der Waals surface area (Å²) in [5, 5.41) is 3.46. The Labute approximate surface area is 118 Å². The van der Waals surface area contributed by atoms with Crippen molar-refractivity contribution in [3.05, 3.63) is 23.6 Å². The predicted octanol–water partition coefficient (Wildman–Crippen LogP) is 2.42. The number of nitrogens with one attached hydrogen (secondary N) is 1. The second kappa shape index (κ2) is 6.09. The maximum Gasteiger partial charge on any atom is 0.141 e. The lowest BCUT2D eigenvalue weighted by atomic mass is 10.2. The number of hydrogen-bond acceptors (Lipinski definition) is 4. The maximum absolute atomic E-state index is 13.4. The molecule has 0 amide bonds. The van der Waals surface area contributed by atoms with Gasteiger partial charge >= 0.3 is 0 Å². The first-order valence-electron chi connectivity index (χ1n) is 7.03. The Morgan fingerprint density at radius 1 is 1.37 bits per heavy atom. The fraction of sp³-hybridized carbons (Fsp3) is 0.643. The van der Waals surface area contributed by atoms with Gasteiger partial charge in [0.25, 0.3) is 0 Å². The highest BCUT2D eigenvalue weighted by molar-refractivity contribution is 7.99. The number of anilines is 1. The molecule has 0 radical (unpaired) electrons. The van der Waals surface area contributed by atoms with Gasteiger partial charge in [-0.2, -0.15) is 11.8 Å². The van der Waals surface area contributed by atoms with Crippen LogP contribution in [0.5, 0.6) is 0 Å². The average Bonchev–Trinajstić information content (AvgIpc) is 3.24. The van der Waals surface area contributed by atoms with Crippen molar-refractivity contribution in [3.63, 3.8) is 0 Å². The van der Waals surface area contributed by atoms with Gasteiger partial charge in [-0.15, -0.1) is 0 Å². The van der Waals surface area contributed by atoms with Crippen molar-refractivity contribution in [2.24, 2.45) is 0 Å². The molecule has 19 heavy (non-hydrogen) atoms. The number of hydrogen-bond donors (Lipinski definition) is 1. The molecule has 2 heterocycles. The van der Waals surface area contributed by atoms with E-state index >= 15 is 0 Å². The van der Waals surface area contributed by atoms with Crippen LogP contribution in [0.15, 0.2) is 12.3 Å². The summed E-state index contributed by atoms with van der Waals surface area (Å²) in [5.74, 6) is 3.08. The van der Waals surface area contributed by atoms with Crippen molar-refractivity contribution >= 4 is 17.6 Å². The van der Waals surface area contributed by atoms with Crippen LogP contribution in [0.2, 0.25) is 0 Å². The van der Waals surface area contributed by atoms with Gasteiger partial charge in [0.1, 0.15) is 11.6 Å². The Balaban J connectivity index is 1.76. The summed E-state index contributed by atoms with van der Waals surface area (Å²) in [4.78, 5) is 6.65. The minimum absolute atomic E-state index is 0.236. The second-order valence-corrected chi connectivity index (χ2v) is 6.47. The van der Waals surface area contributed by atoms with Crippen LogP contribution in [0.4, 0.5) is 10.2 Å². The average molecular weight is 281 g/mol. The third-order valence-electron chi connectivity index (χ3n) is 3.59. The van der Waals surface area contributed by atoms with E-state index in [-0.39, 0.29) is 5.82 Å². The van der Waals surface area contributed by atoms with Gasteiger partial charge in [-0.1, -0.05) is 0 Å². The van der Waals surface area contributed by atoms with E-state index in [0.29, 0.717) is 6.04 Å². The van der Waals surface area contributed by atoms with Gasteiger partial charge in [0, 0.05) is 37.0 Å². The van der Waals surface area contributed by atoms with E-state index in [1.165, 1.54) is 31.2 Å². The third-order valence-corrected chi connectivity index (χ3v) is 4.64. The molecule has 0 unspecified atom stereocenters. The van der Waals surface area contributed by atoms with Crippen LogP contribution in [0.3, 0.4) is 0 Å². The summed E-state index contributed by atoms with van der Waals surface area (Å²) in [6, 6.07) is 2.27. The summed E-state index contributed by atoms with van der Waals surface area (Å²) < 4.78 is 13.4. The van der Waals surface area contributed by atoms with Gasteiger partial charge in [0.2, 0.25) is 0 Å². The lowest BCUT2D eigenvalue weighted by molar-refractivity contribution is 0.609. The quantitative estimate of drug-likeness (QED) is 0.917. The summed E-state index contributed by atoms with van der Waals surface area (Å²) in [6.45, 7) is 2.77. The second-order valence-electron chi connectivity index (χ2n) is 5.24. The Morgan fingerprint density at radius 2 is 2.26 bits per heavy atom. The first-order chi connectivity index (χ1) is 9.33. The van der Waals surface area contributed by atoms with Crippen LogP contribution in [0.1, 0.15) is 24.8 Å². The van der Waals surface area contributed by atoms with Crippen molar-refractivity contribution < 1.29 is 4.39 Å². The Bertz CT molecular complexity index is 429. The van der Waals surface area contributed by atoms with Gasteiger partial charge in [-0.05, 0) is 31.1 Å². The molecular weight excluding hydrogens is 261 g/mol. The van der Waals surface area contributed by atoms with Gasteiger partial charge in [0.05, 0.1) is 6.20 Å². The molecule has 5 heteroatoms. The number of halogens is 1. The van der Waals surface area contributed by atoms with Crippen LogP contribution >= 0.6 is 11.8 Å². The zero-order valence-electron chi connectivity index (χ0n) is 11.1. The molecule has 1 aliphatic carbocycles. The largest absolute Gasteiger partial charge is 0.355 e. The molecular formula is C14H20FN3S. The summed E-state index contributed by atoms with van der Waals surface area (Å²) in [5.41, 5.74) is 0.999. The molecule has 2 aliphatic rings. The van der Waals surface area contributed by atoms with Crippen LogP contribution in [0.25, 0.3) is 0 Å². The van der Waals surface area contributed by atoms with E-state index in [2.05, 4.69) is 15.2 Å². The van der Waals surface area contributed by atoms with Gasteiger partial charge < -0.3 is 10.2 Å². The topological polar surface area (TPSA) is 28.2 Å². The monoisotopic (exact) mass is 281 g/mol. The van der Waals surface area contributed by atoms with Crippen LogP contribution in [0, 0.1) is 5.82 Å². The zero-order chi connectivity index (χ0) is 13.1. The smallest absolute Gasteiger partial charge is 0.141 e. The zero-order valence-corrected chi connectivity index (χ0v) is 11.9. The summed E-state index contributed by atoms with van der Waals surface area (Å²) in [7, 11) is 0. The molecule has 1 saturated carbocycles. The molecule has 1 aromatic rings. The highest BCUT2D eigenvalue weighted by Crippen LogP contribution is 2.24. The molecule has 1 N–H and O–H groups in total. The summed E-state index contributed by atoms with van der Waals surface area (Å²) >= 11 is 1.99. The molecule has 1 saturated heterocycles. The normalized spacial score (nSPS) is 20.4. The van der Waals surface area contributed by atoms with Gasteiger partial charge in [-0.25, -0.2) is 9.37 Å². The van der Waals surface area contributed by atoms with Crippen molar-refractivity contribution in [2.45, 2.75) is 31.8 Å². The van der Waals surface area contributed by atoms with Crippen molar-refractivity contribution in [3.8, 4) is 0 Å². The minimum Gasteiger partial charge on any atom is -0.355 e. The first-order valence-corrected chi connectivity index (χ1v) is 8.19. The molecule has 0 atom stereocenters. The Hall–Kier alpha value is -0.810. The highest BCUT2D eigenvalue weighted by Gasteiger charge is 2.22. The van der Waals surface area contributed by atoms with Crippen LogP contribution in [-0.2, 0) is 6.54 Å². The lowest BCUT2D eigenvalue weighted by Crippen LogP contribution is -2.29. The number of pyridine rings is 1. The van der Waals surface area contributed by atoms with Crippen LogP contribution < -0.4 is 10.2 Å². The molecule has 3 nitrogen and oxygen atoms in total. The number of aromatic nitrogens is 1. The fourth-order valence-corrected chi connectivity index (χ4v) is 3.28. The maximum atomic E-state index is 13.4. The first kappa shape index (κ1) is 13.2. The van der Waals surface area contributed by atoms with Crippen molar-refractivity contribution in [1.82, 2.24) is 10.3 Å². The van der Waals surface area contributed by atoms with E-state index in [0.717, 1.165) is 36.8 Å². The molecule has 0 aromatic carbocycles. The van der Waals surface area contributed by atoms with E-state index in [1.54, 1.807) is 6.07 Å². The number of thioether (sulfide) groups is 1. The Kier molecular flexibility index (Phi) is 4.23. The number of rotatable bonds is 4. The van der Waals surface area contributed by atoms with E-state index in [1.807, 2.05) is 11.8 Å². The fourth-order valence-electron chi connectivity index (χ4n) is 2.39. The third kappa shape index (κ3) is 3.60. The van der Waals surface area contributed by atoms with Gasteiger partial charge in [-0.3, -0.25) is 0 Å². The predicted molar refractivity (Wildman–Crippen MR) is 78.2 cm³/mol. The minimum atomic E-state index is -0.236. The number of nitrogens with zero attached hydrogens (tertiary/aromatic N) is 2. The van der Waals surface area contributed by atoms with E-state index < -0.39 is 0 Å². The van der Waals surface area contributed by atoms with E-state index in [9.17, 15) is 4.39 Å². The van der Waals surface area contributed by atoms with Crippen molar-refractivity contribution in [2.75, 3.05) is 29.5 Å². The Morgan fingerprint density at radius 3 is 3.11 bits per heavy atom. The lowest BCUT2D eigenvalue weighted by Gasteiger charge is -2.24.